The molecule has 0 spiro atoms. The molecule has 0 aliphatic carbocycles. The highest BCUT2D eigenvalue weighted by Gasteiger charge is 2.32. The number of carbonyl (C=O) groups excluding carboxylic acids is 2. The van der Waals surface area contributed by atoms with Crippen LogP contribution >= 0.6 is 11.6 Å². The Kier molecular flexibility index (Phi) is 10.1. The molecule has 7 nitrogen and oxygen atoms in total. The molecule has 3 rings (SSSR count). The van der Waals surface area contributed by atoms with Gasteiger partial charge in [0.1, 0.15) is 12.6 Å². The number of halogens is 1. The largest absolute Gasteiger partial charge is 0.354 e. The minimum Gasteiger partial charge on any atom is -0.354 e. The Morgan fingerprint density at radius 3 is 2.11 bits per heavy atom. The summed E-state index contributed by atoms with van der Waals surface area (Å²) in [6.45, 7) is 3.89. The van der Waals surface area contributed by atoms with Gasteiger partial charge in [-0.1, -0.05) is 67.1 Å². The van der Waals surface area contributed by atoms with Crippen molar-refractivity contribution in [3.05, 3.63) is 95.5 Å². The lowest BCUT2D eigenvalue weighted by Gasteiger charge is -2.32. The van der Waals surface area contributed by atoms with E-state index in [1.54, 1.807) is 37.3 Å². The Morgan fingerprint density at radius 2 is 1.51 bits per heavy atom. The van der Waals surface area contributed by atoms with Crippen LogP contribution in [0.15, 0.2) is 89.8 Å². The molecule has 3 aromatic rings. The Balaban J connectivity index is 1.93. The minimum atomic E-state index is -4.10. The Bertz CT molecular complexity index is 1270. The van der Waals surface area contributed by atoms with E-state index in [0.29, 0.717) is 23.7 Å². The van der Waals surface area contributed by atoms with Crippen molar-refractivity contribution in [1.29, 1.82) is 0 Å². The summed E-state index contributed by atoms with van der Waals surface area (Å²) in [7, 11) is -4.10. The van der Waals surface area contributed by atoms with Crippen LogP contribution in [0.25, 0.3) is 0 Å². The lowest BCUT2D eigenvalue weighted by molar-refractivity contribution is -0.138. The van der Waals surface area contributed by atoms with E-state index < -0.39 is 28.5 Å². The third kappa shape index (κ3) is 7.57. The van der Waals surface area contributed by atoms with E-state index in [4.69, 9.17) is 11.6 Å². The van der Waals surface area contributed by atoms with Crippen molar-refractivity contribution in [3.63, 3.8) is 0 Å². The van der Waals surface area contributed by atoms with Crippen LogP contribution in [-0.2, 0) is 26.0 Å². The van der Waals surface area contributed by atoms with Crippen LogP contribution in [0.4, 0.5) is 5.69 Å². The number of benzene rings is 3. The van der Waals surface area contributed by atoms with Crippen molar-refractivity contribution in [2.45, 2.75) is 37.6 Å². The Labute approximate surface area is 224 Å². The number of hydrogen-bond donors (Lipinski definition) is 1. The van der Waals surface area contributed by atoms with Crippen LogP contribution in [0.3, 0.4) is 0 Å². The standard InChI is InChI=1S/C28H32ClN3O4S/c1-3-19-30-28(34)22(2)31(20-18-23-10-6-4-7-11-23)27(33)21-32(25-12-8-5-9-13-25)37(35,36)26-16-14-24(29)15-17-26/h4-17,22H,3,18-21H2,1-2H3,(H,30,34)/t22-/m0/s1. The molecule has 0 aromatic heterocycles. The first kappa shape index (κ1) is 28.2. The number of rotatable bonds is 12. The van der Waals surface area contributed by atoms with Crippen molar-refractivity contribution < 1.29 is 18.0 Å². The van der Waals surface area contributed by atoms with E-state index in [1.807, 2.05) is 37.3 Å². The highest BCUT2D eigenvalue weighted by atomic mass is 35.5. The molecule has 1 atom stereocenters. The first-order chi connectivity index (χ1) is 17.7. The van der Waals surface area contributed by atoms with Crippen molar-refractivity contribution in [1.82, 2.24) is 10.2 Å². The van der Waals surface area contributed by atoms with Crippen LogP contribution < -0.4 is 9.62 Å². The molecule has 9 heteroatoms. The SMILES string of the molecule is CCCNC(=O)[C@H](C)N(CCc1ccccc1)C(=O)CN(c1ccccc1)S(=O)(=O)c1ccc(Cl)cc1. The lowest BCUT2D eigenvalue weighted by Crippen LogP contribution is -2.52. The quantitative estimate of drug-likeness (QED) is 0.365. The van der Waals surface area contributed by atoms with Gasteiger partial charge in [-0.15, -0.1) is 0 Å². The second-order valence-corrected chi connectivity index (χ2v) is 10.9. The summed E-state index contributed by atoms with van der Waals surface area (Å²) >= 11 is 5.96. The van der Waals surface area contributed by atoms with E-state index in [-0.39, 0.29) is 17.3 Å². The summed E-state index contributed by atoms with van der Waals surface area (Å²) in [4.78, 5) is 28.0. The molecule has 0 saturated heterocycles. The molecule has 0 radical (unpaired) electrons. The highest BCUT2D eigenvalue weighted by molar-refractivity contribution is 7.92. The van der Waals surface area contributed by atoms with Gasteiger partial charge in [0.25, 0.3) is 10.0 Å². The topological polar surface area (TPSA) is 86.8 Å². The molecule has 0 saturated carbocycles. The highest BCUT2D eigenvalue weighted by Crippen LogP contribution is 2.25. The van der Waals surface area contributed by atoms with Gasteiger partial charge >= 0.3 is 0 Å². The molecule has 0 unspecified atom stereocenters. The van der Waals surface area contributed by atoms with Gasteiger partial charge in [0.2, 0.25) is 11.8 Å². The van der Waals surface area contributed by atoms with Gasteiger partial charge in [-0.05, 0) is 61.7 Å². The summed E-state index contributed by atoms with van der Waals surface area (Å²) in [6.07, 6.45) is 1.28. The second-order valence-electron chi connectivity index (χ2n) is 8.59. The first-order valence-electron chi connectivity index (χ1n) is 12.2. The van der Waals surface area contributed by atoms with Gasteiger partial charge in [-0.25, -0.2) is 8.42 Å². The van der Waals surface area contributed by atoms with Crippen LogP contribution in [0.1, 0.15) is 25.8 Å². The molecule has 0 fully saturated rings. The predicted octanol–water partition coefficient (Wildman–Crippen LogP) is 4.52. The zero-order valence-electron chi connectivity index (χ0n) is 21.0. The zero-order valence-corrected chi connectivity index (χ0v) is 22.6. The lowest BCUT2D eigenvalue weighted by atomic mass is 10.1. The van der Waals surface area contributed by atoms with E-state index in [1.165, 1.54) is 29.2 Å². The number of amides is 2. The van der Waals surface area contributed by atoms with E-state index in [9.17, 15) is 18.0 Å². The van der Waals surface area contributed by atoms with E-state index >= 15 is 0 Å². The second kappa shape index (κ2) is 13.3. The van der Waals surface area contributed by atoms with Crippen molar-refractivity contribution in [2.75, 3.05) is 23.9 Å². The zero-order chi connectivity index (χ0) is 26.8. The minimum absolute atomic E-state index is 0.0122. The molecule has 0 aliphatic rings. The maximum absolute atomic E-state index is 13.7. The number of sulfonamides is 1. The van der Waals surface area contributed by atoms with Crippen molar-refractivity contribution in [3.8, 4) is 0 Å². The third-order valence-electron chi connectivity index (χ3n) is 5.93. The maximum atomic E-state index is 13.7. The first-order valence-corrected chi connectivity index (χ1v) is 14.0. The number of para-hydroxylation sites is 1. The fourth-order valence-corrected chi connectivity index (χ4v) is 5.36. The Morgan fingerprint density at radius 1 is 0.919 bits per heavy atom. The molecule has 196 valence electrons. The van der Waals surface area contributed by atoms with Gasteiger partial charge in [0.05, 0.1) is 10.6 Å². The third-order valence-corrected chi connectivity index (χ3v) is 7.97. The maximum Gasteiger partial charge on any atom is 0.264 e. The number of nitrogens with one attached hydrogen (secondary N) is 1. The number of anilines is 1. The van der Waals surface area contributed by atoms with Gasteiger partial charge in [0, 0.05) is 18.1 Å². The van der Waals surface area contributed by atoms with Crippen LogP contribution in [-0.4, -0.2) is 50.8 Å². The Hall–Kier alpha value is -3.36. The number of carbonyl (C=O) groups is 2. The predicted molar refractivity (Wildman–Crippen MR) is 147 cm³/mol. The average molecular weight is 542 g/mol. The number of nitrogens with zero attached hydrogens (tertiary/aromatic N) is 2. The van der Waals surface area contributed by atoms with Gasteiger partial charge in [-0.2, -0.15) is 0 Å². The molecule has 2 amide bonds. The summed E-state index contributed by atoms with van der Waals surface area (Å²) in [6, 6.07) is 23.1. The summed E-state index contributed by atoms with van der Waals surface area (Å²) in [5.41, 5.74) is 1.35. The van der Waals surface area contributed by atoms with Crippen molar-refractivity contribution in [2.24, 2.45) is 0 Å². The molecule has 0 heterocycles. The normalized spacial score (nSPS) is 12.0. The van der Waals surface area contributed by atoms with E-state index in [2.05, 4.69) is 5.32 Å². The molecular formula is C28H32ClN3O4S. The molecule has 1 N–H and O–H groups in total. The summed E-state index contributed by atoms with van der Waals surface area (Å²) < 4.78 is 28.4. The van der Waals surface area contributed by atoms with E-state index in [0.717, 1.165) is 16.3 Å². The van der Waals surface area contributed by atoms with Crippen molar-refractivity contribution >= 4 is 39.1 Å². The average Bonchev–Trinajstić information content (AvgIpc) is 2.91. The molecular weight excluding hydrogens is 510 g/mol. The molecule has 0 bridgehead atoms. The fraction of sp³-hybridized carbons (Fsp3) is 0.286. The smallest absolute Gasteiger partial charge is 0.264 e. The van der Waals surface area contributed by atoms with Gasteiger partial charge in [0.15, 0.2) is 0 Å². The molecule has 3 aromatic carbocycles. The van der Waals surface area contributed by atoms with Crippen LogP contribution in [0.5, 0.6) is 0 Å². The summed E-state index contributed by atoms with van der Waals surface area (Å²) in [5, 5.41) is 3.24. The van der Waals surface area contributed by atoms with Crippen LogP contribution in [0, 0.1) is 0 Å². The van der Waals surface area contributed by atoms with Gasteiger partial charge < -0.3 is 10.2 Å². The summed E-state index contributed by atoms with van der Waals surface area (Å²) in [5.74, 6) is -0.758. The van der Waals surface area contributed by atoms with Crippen LogP contribution in [0.2, 0.25) is 5.02 Å². The number of hydrogen-bond acceptors (Lipinski definition) is 4. The monoisotopic (exact) mass is 541 g/mol. The van der Waals surface area contributed by atoms with Gasteiger partial charge in [-0.3, -0.25) is 13.9 Å². The molecule has 37 heavy (non-hydrogen) atoms. The fourth-order valence-electron chi connectivity index (χ4n) is 3.82. The molecule has 0 aliphatic heterocycles.